The van der Waals surface area contributed by atoms with Crippen molar-refractivity contribution >= 4 is 33.8 Å². The van der Waals surface area contributed by atoms with Crippen LogP contribution in [0, 0.1) is 6.92 Å². The van der Waals surface area contributed by atoms with Gasteiger partial charge in [0, 0.05) is 4.45 Å². The fourth-order valence-electron chi connectivity index (χ4n) is 2.02. The summed E-state index contributed by atoms with van der Waals surface area (Å²) in [6.45, 7) is 8.75. The Morgan fingerprint density at radius 2 is 1.71 bits per heavy atom. The van der Waals surface area contributed by atoms with Crippen LogP contribution in [0.1, 0.15) is 19.4 Å². The molecule has 0 aromatic heterocycles. The van der Waals surface area contributed by atoms with Crippen LogP contribution >= 0.6 is 15.9 Å². The van der Waals surface area contributed by atoms with E-state index in [1.165, 1.54) is 12.1 Å². The maximum Gasteiger partial charge on any atom is 0.181 e. The van der Waals surface area contributed by atoms with Crippen molar-refractivity contribution in [1.29, 1.82) is 0 Å². The van der Waals surface area contributed by atoms with E-state index in [9.17, 15) is 8.42 Å². The number of rotatable bonds is 7. The van der Waals surface area contributed by atoms with Crippen LogP contribution in [-0.4, -0.2) is 26.7 Å². The topological polar surface area (TPSA) is 34.1 Å². The maximum atomic E-state index is 12.3. The number of aryl methyl sites for hydroxylation is 1. The number of benzene rings is 1. The Balaban J connectivity index is 2.78. The van der Waals surface area contributed by atoms with E-state index >= 15 is 0 Å². The van der Waals surface area contributed by atoms with Crippen molar-refractivity contribution < 1.29 is 8.42 Å². The number of halogens is 1. The van der Waals surface area contributed by atoms with Crippen molar-refractivity contribution in [1.82, 2.24) is 0 Å². The van der Waals surface area contributed by atoms with Crippen molar-refractivity contribution in [3.05, 3.63) is 42.0 Å². The molecular weight excluding hydrogens is 364 g/mol. The second kappa shape index (κ2) is 7.74. The van der Waals surface area contributed by atoms with E-state index in [1.807, 2.05) is 25.1 Å². The molecule has 1 atom stereocenters. The van der Waals surface area contributed by atoms with Crippen molar-refractivity contribution in [3.8, 4) is 0 Å². The highest BCUT2D eigenvalue weighted by Crippen LogP contribution is 2.26. The van der Waals surface area contributed by atoms with E-state index in [1.54, 1.807) is 18.2 Å². The van der Waals surface area contributed by atoms with Gasteiger partial charge in [0.1, 0.15) is 0 Å². The SMILES string of the molecule is CC[Si](C)(CC)C(Br)/C=C/CS(=O)(=O)c1ccc(C)cc1. The zero-order valence-electron chi connectivity index (χ0n) is 13.3. The highest BCUT2D eigenvalue weighted by Gasteiger charge is 2.29. The summed E-state index contributed by atoms with van der Waals surface area (Å²) in [6.07, 6.45) is 3.83. The highest BCUT2D eigenvalue weighted by atomic mass is 79.9. The minimum absolute atomic E-state index is 0.0655. The van der Waals surface area contributed by atoms with Gasteiger partial charge in [0.25, 0.3) is 0 Å². The van der Waals surface area contributed by atoms with Gasteiger partial charge >= 0.3 is 0 Å². The number of hydrogen-bond acceptors (Lipinski definition) is 2. The molecule has 0 N–H and O–H groups in total. The number of hydrogen-bond donors (Lipinski definition) is 0. The zero-order chi connectivity index (χ0) is 16.1. The van der Waals surface area contributed by atoms with Crippen molar-refractivity contribution in [2.75, 3.05) is 5.75 Å². The smallest absolute Gasteiger partial charge is 0.181 e. The molecule has 5 heteroatoms. The lowest BCUT2D eigenvalue weighted by Crippen LogP contribution is -2.38. The molecule has 118 valence electrons. The Hall–Kier alpha value is -0.393. The number of alkyl halides is 1. The van der Waals surface area contributed by atoms with Gasteiger partial charge in [-0.2, -0.15) is 0 Å². The summed E-state index contributed by atoms with van der Waals surface area (Å²) in [7, 11) is -4.57. The molecule has 2 nitrogen and oxygen atoms in total. The summed E-state index contributed by atoms with van der Waals surface area (Å²) < 4.78 is 24.8. The van der Waals surface area contributed by atoms with Crippen LogP contribution in [0.3, 0.4) is 0 Å². The van der Waals surface area contributed by atoms with E-state index < -0.39 is 17.9 Å². The molecule has 0 aliphatic rings. The van der Waals surface area contributed by atoms with Crippen LogP contribution in [0.25, 0.3) is 0 Å². The second-order valence-corrected chi connectivity index (χ2v) is 15.0. The molecule has 0 saturated heterocycles. The molecular formula is C16H25BrO2SSi. The number of sulfone groups is 1. The lowest BCUT2D eigenvalue weighted by Gasteiger charge is -2.28. The molecule has 1 aromatic rings. The zero-order valence-corrected chi connectivity index (χ0v) is 16.7. The van der Waals surface area contributed by atoms with Gasteiger partial charge in [-0.05, 0) is 19.1 Å². The van der Waals surface area contributed by atoms with Gasteiger partial charge in [-0.25, -0.2) is 8.42 Å². The summed E-state index contributed by atoms with van der Waals surface area (Å²) in [5, 5.41) is 0. The third-order valence-corrected chi connectivity index (χ3v) is 14.3. The number of allylic oxidation sites excluding steroid dienone is 1. The average Bonchev–Trinajstić information content (AvgIpc) is 2.46. The minimum atomic E-state index is -3.22. The Morgan fingerprint density at radius 3 is 2.19 bits per heavy atom. The minimum Gasteiger partial charge on any atom is -0.223 e. The Morgan fingerprint density at radius 1 is 1.19 bits per heavy atom. The maximum absolute atomic E-state index is 12.3. The van der Waals surface area contributed by atoms with Gasteiger partial charge in [-0.3, -0.25) is 0 Å². The fourth-order valence-corrected chi connectivity index (χ4v) is 7.16. The van der Waals surface area contributed by atoms with E-state index in [4.69, 9.17) is 0 Å². The molecule has 0 bridgehead atoms. The molecule has 0 aliphatic carbocycles. The van der Waals surface area contributed by atoms with E-state index in [-0.39, 0.29) is 5.75 Å². The molecule has 0 aliphatic heterocycles. The van der Waals surface area contributed by atoms with E-state index in [2.05, 4.69) is 36.3 Å². The lowest BCUT2D eigenvalue weighted by molar-refractivity contribution is 0.599. The van der Waals surface area contributed by atoms with Crippen LogP contribution in [0.4, 0.5) is 0 Å². The first kappa shape index (κ1) is 18.7. The third kappa shape index (κ3) is 5.08. The summed E-state index contributed by atoms with van der Waals surface area (Å²) in [4.78, 5) is 0.398. The largest absolute Gasteiger partial charge is 0.223 e. The molecule has 0 amide bonds. The van der Waals surface area contributed by atoms with Crippen LogP contribution in [0.2, 0.25) is 18.6 Å². The molecule has 1 unspecified atom stereocenters. The standard InChI is InChI=1S/C16H25BrO2SSi/c1-5-21(4,6-2)16(17)8-7-13-20(18,19)15-11-9-14(3)10-12-15/h7-12,16H,5-6,13H2,1-4H3/b8-7+. The van der Waals surface area contributed by atoms with Crippen LogP contribution in [0.5, 0.6) is 0 Å². The molecule has 0 heterocycles. The fraction of sp³-hybridized carbons (Fsp3) is 0.500. The van der Waals surface area contributed by atoms with Crippen molar-refractivity contribution in [2.45, 2.75) is 48.8 Å². The second-order valence-electron chi connectivity index (χ2n) is 5.79. The van der Waals surface area contributed by atoms with E-state index in [0.717, 1.165) is 5.56 Å². The predicted octanol–water partition coefficient (Wildman–Crippen LogP) is 4.75. The summed E-state index contributed by atoms with van der Waals surface area (Å²) in [5.74, 6) is 0.0655. The first-order valence-corrected chi connectivity index (χ1v) is 12.9. The monoisotopic (exact) mass is 388 g/mol. The molecule has 21 heavy (non-hydrogen) atoms. The van der Waals surface area contributed by atoms with Crippen molar-refractivity contribution in [2.24, 2.45) is 0 Å². The normalized spacial score (nSPS) is 14.5. The molecule has 1 aromatic carbocycles. The van der Waals surface area contributed by atoms with E-state index in [0.29, 0.717) is 9.35 Å². The molecule has 1 rings (SSSR count). The van der Waals surface area contributed by atoms with Crippen LogP contribution < -0.4 is 0 Å². The molecule has 0 radical (unpaired) electrons. The third-order valence-electron chi connectivity index (χ3n) is 4.28. The molecule has 0 saturated carbocycles. The molecule has 0 spiro atoms. The van der Waals surface area contributed by atoms with Crippen LogP contribution in [-0.2, 0) is 9.84 Å². The first-order chi connectivity index (χ1) is 9.75. The summed E-state index contributed by atoms with van der Waals surface area (Å²) in [5.41, 5.74) is 1.07. The van der Waals surface area contributed by atoms with Gasteiger partial charge in [-0.15, -0.1) is 0 Å². The lowest BCUT2D eigenvalue weighted by atomic mass is 10.2. The predicted molar refractivity (Wildman–Crippen MR) is 97.7 cm³/mol. The van der Waals surface area contributed by atoms with Gasteiger partial charge < -0.3 is 0 Å². The average molecular weight is 389 g/mol. The van der Waals surface area contributed by atoms with Gasteiger partial charge in [0.05, 0.1) is 18.7 Å². The van der Waals surface area contributed by atoms with Crippen LogP contribution in [0.15, 0.2) is 41.3 Å². The molecule has 0 fully saturated rings. The van der Waals surface area contributed by atoms with Gasteiger partial charge in [-0.1, -0.05) is 78.3 Å². The van der Waals surface area contributed by atoms with Crippen molar-refractivity contribution in [3.63, 3.8) is 0 Å². The summed E-state index contributed by atoms with van der Waals surface area (Å²) in [6, 6.07) is 9.41. The quantitative estimate of drug-likeness (QED) is 0.383. The van der Waals surface area contributed by atoms with Gasteiger partial charge in [0.2, 0.25) is 0 Å². The first-order valence-electron chi connectivity index (χ1n) is 7.35. The highest BCUT2D eigenvalue weighted by molar-refractivity contribution is 9.10. The Kier molecular flexibility index (Phi) is 6.88. The van der Waals surface area contributed by atoms with Gasteiger partial charge in [0.15, 0.2) is 9.84 Å². The Labute approximate surface area is 138 Å². The Bertz CT molecular complexity index is 575. The summed E-state index contributed by atoms with van der Waals surface area (Å²) >= 11 is 3.73.